The van der Waals surface area contributed by atoms with Gasteiger partial charge in [-0.3, -0.25) is 0 Å². The van der Waals surface area contributed by atoms with Gasteiger partial charge < -0.3 is 4.98 Å². The van der Waals surface area contributed by atoms with E-state index in [1.807, 2.05) is 6.08 Å². The zero-order valence-corrected chi connectivity index (χ0v) is 9.22. The summed E-state index contributed by atoms with van der Waals surface area (Å²) in [5.41, 5.74) is 4.02. The number of hydrogen-bond acceptors (Lipinski definition) is 0. The average molecular weight is 199 g/mol. The fourth-order valence-corrected chi connectivity index (χ4v) is 2.08. The number of fused-ring (bicyclic) bond motifs is 1. The van der Waals surface area contributed by atoms with E-state index in [0.29, 0.717) is 0 Å². The lowest BCUT2D eigenvalue weighted by atomic mass is 10.0. The predicted molar refractivity (Wildman–Crippen MR) is 66.2 cm³/mol. The van der Waals surface area contributed by atoms with Gasteiger partial charge in [-0.25, -0.2) is 0 Å². The number of benzene rings is 1. The van der Waals surface area contributed by atoms with Gasteiger partial charge in [-0.1, -0.05) is 24.3 Å². The molecular weight excluding hydrogens is 182 g/mol. The molecule has 0 spiro atoms. The lowest BCUT2D eigenvalue weighted by Crippen LogP contribution is -1.86. The number of allylic oxidation sites excluding steroid dienone is 1. The number of hydrogen-bond donors (Lipinski definition) is 1. The first-order valence-electron chi connectivity index (χ1n) is 5.50. The molecule has 2 aromatic rings. The van der Waals surface area contributed by atoms with E-state index < -0.39 is 0 Å². The quantitative estimate of drug-likeness (QED) is 0.566. The standard InChI is InChI=1S/C14H17N/c1-3-4-5-8-12-11(2)15-14-10-7-6-9-13(12)14/h3,6-7,9-10,15H,1,4-5,8H2,2H3. The molecule has 0 saturated carbocycles. The van der Waals surface area contributed by atoms with Crippen molar-refractivity contribution >= 4 is 10.9 Å². The van der Waals surface area contributed by atoms with Crippen LogP contribution in [0.3, 0.4) is 0 Å². The number of aromatic nitrogens is 1. The molecule has 1 nitrogen and oxygen atoms in total. The summed E-state index contributed by atoms with van der Waals surface area (Å²) in [6.07, 6.45) is 5.41. The molecule has 0 fully saturated rings. The highest BCUT2D eigenvalue weighted by Crippen LogP contribution is 2.23. The smallest absolute Gasteiger partial charge is 0.0458 e. The Hall–Kier alpha value is -1.50. The van der Waals surface area contributed by atoms with E-state index in [0.717, 1.165) is 12.8 Å². The molecule has 0 aliphatic heterocycles. The molecule has 0 saturated heterocycles. The van der Waals surface area contributed by atoms with Crippen LogP contribution in [0.2, 0.25) is 0 Å². The van der Waals surface area contributed by atoms with Crippen LogP contribution in [0.4, 0.5) is 0 Å². The number of aryl methyl sites for hydroxylation is 2. The third kappa shape index (κ3) is 1.96. The molecule has 0 amide bonds. The maximum atomic E-state index is 3.76. The van der Waals surface area contributed by atoms with Crippen LogP contribution in [-0.2, 0) is 6.42 Å². The second-order valence-electron chi connectivity index (χ2n) is 3.96. The van der Waals surface area contributed by atoms with Gasteiger partial charge in [-0.2, -0.15) is 0 Å². The molecule has 78 valence electrons. The van der Waals surface area contributed by atoms with E-state index in [4.69, 9.17) is 0 Å². The third-order valence-corrected chi connectivity index (χ3v) is 2.86. The summed E-state index contributed by atoms with van der Waals surface area (Å²) in [7, 11) is 0. The van der Waals surface area contributed by atoms with Crippen LogP contribution in [0.15, 0.2) is 36.9 Å². The van der Waals surface area contributed by atoms with E-state index in [1.165, 1.54) is 28.6 Å². The van der Waals surface area contributed by atoms with Gasteiger partial charge in [0.15, 0.2) is 0 Å². The normalized spacial score (nSPS) is 10.7. The lowest BCUT2D eigenvalue weighted by molar-refractivity contribution is 0.843. The highest BCUT2D eigenvalue weighted by Gasteiger charge is 2.06. The molecule has 1 heterocycles. The van der Waals surface area contributed by atoms with Gasteiger partial charge in [0.05, 0.1) is 0 Å². The Morgan fingerprint density at radius 1 is 1.33 bits per heavy atom. The molecule has 1 aromatic carbocycles. The van der Waals surface area contributed by atoms with Crippen molar-refractivity contribution in [1.82, 2.24) is 4.98 Å². The number of rotatable bonds is 4. The number of H-pyrrole nitrogens is 1. The van der Waals surface area contributed by atoms with Gasteiger partial charge in [-0.15, -0.1) is 6.58 Å². The van der Waals surface area contributed by atoms with Gasteiger partial charge >= 0.3 is 0 Å². The van der Waals surface area contributed by atoms with Crippen LogP contribution in [0, 0.1) is 6.92 Å². The van der Waals surface area contributed by atoms with Crippen LogP contribution in [0.25, 0.3) is 10.9 Å². The summed E-state index contributed by atoms with van der Waals surface area (Å²) in [4.78, 5) is 3.43. The van der Waals surface area contributed by atoms with E-state index >= 15 is 0 Å². The van der Waals surface area contributed by atoms with Gasteiger partial charge in [0, 0.05) is 16.6 Å². The number of para-hydroxylation sites is 1. The Morgan fingerprint density at radius 2 is 2.13 bits per heavy atom. The first-order valence-corrected chi connectivity index (χ1v) is 5.50. The summed E-state index contributed by atoms with van der Waals surface area (Å²) in [6.45, 7) is 5.91. The average Bonchev–Trinajstić information content (AvgIpc) is 2.56. The summed E-state index contributed by atoms with van der Waals surface area (Å²) < 4.78 is 0. The fourth-order valence-electron chi connectivity index (χ4n) is 2.08. The second kappa shape index (κ2) is 4.35. The van der Waals surface area contributed by atoms with Crippen LogP contribution < -0.4 is 0 Å². The fraction of sp³-hybridized carbons (Fsp3) is 0.286. The third-order valence-electron chi connectivity index (χ3n) is 2.86. The monoisotopic (exact) mass is 199 g/mol. The van der Waals surface area contributed by atoms with Crippen molar-refractivity contribution in [1.29, 1.82) is 0 Å². The molecule has 1 heteroatoms. The lowest BCUT2D eigenvalue weighted by Gasteiger charge is -1.99. The molecule has 0 aliphatic carbocycles. The van der Waals surface area contributed by atoms with Crippen molar-refractivity contribution in [2.24, 2.45) is 0 Å². The molecule has 0 atom stereocenters. The maximum Gasteiger partial charge on any atom is 0.0458 e. The van der Waals surface area contributed by atoms with Crippen LogP contribution in [0.5, 0.6) is 0 Å². The molecule has 0 unspecified atom stereocenters. The molecule has 2 rings (SSSR count). The number of aromatic amines is 1. The summed E-state index contributed by atoms with van der Waals surface area (Å²) >= 11 is 0. The highest BCUT2D eigenvalue weighted by atomic mass is 14.7. The van der Waals surface area contributed by atoms with Crippen molar-refractivity contribution in [3.8, 4) is 0 Å². The first-order chi connectivity index (χ1) is 7.33. The van der Waals surface area contributed by atoms with Crippen LogP contribution in [0.1, 0.15) is 24.1 Å². The van der Waals surface area contributed by atoms with Gasteiger partial charge in [0.2, 0.25) is 0 Å². The van der Waals surface area contributed by atoms with E-state index in [-0.39, 0.29) is 0 Å². The molecule has 1 N–H and O–H groups in total. The molecule has 0 bridgehead atoms. The minimum absolute atomic E-state index is 1.10. The summed E-state index contributed by atoms with van der Waals surface area (Å²) in [5, 5.41) is 1.37. The van der Waals surface area contributed by atoms with Crippen LogP contribution in [-0.4, -0.2) is 4.98 Å². The van der Waals surface area contributed by atoms with E-state index in [1.54, 1.807) is 0 Å². The Balaban J connectivity index is 2.32. The molecular formula is C14H17N. The predicted octanol–water partition coefficient (Wildman–Crippen LogP) is 3.99. The summed E-state index contributed by atoms with van der Waals surface area (Å²) in [5.74, 6) is 0. The Morgan fingerprint density at radius 3 is 2.93 bits per heavy atom. The molecule has 15 heavy (non-hydrogen) atoms. The van der Waals surface area contributed by atoms with Crippen molar-refractivity contribution in [3.63, 3.8) is 0 Å². The molecule has 0 radical (unpaired) electrons. The van der Waals surface area contributed by atoms with Gasteiger partial charge in [0.1, 0.15) is 0 Å². The minimum atomic E-state index is 1.10. The van der Waals surface area contributed by atoms with Crippen molar-refractivity contribution in [2.45, 2.75) is 26.2 Å². The zero-order chi connectivity index (χ0) is 10.7. The largest absolute Gasteiger partial charge is 0.358 e. The first kappa shape index (κ1) is 10.0. The highest BCUT2D eigenvalue weighted by molar-refractivity contribution is 5.84. The minimum Gasteiger partial charge on any atom is -0.358 e. The van der Waals surface area contributed by atoms with Crippen molar-refractivity contribution < 1.29 is 0 Å². The SMILES string of the molecule is C=CCCCc1c(C)[nH]c2ccccc12. The van der Waals surface area contributed by atoms with E-state index in [9.17, 15) is 0 Å². The van der Waals surface area contributed by atoms with Gasteiger partial charge in [-0.05, 0) is 37.8 Å². The Bertz CT molecular complexity index is 465. The Labute approximate surface area is 90.8 Å². The van der Waals surface area contributed by atoms with Gasteiger partial charge in [0.25, 0.3) is 0 Å². The number of nitrogens with one attached hydrogen (secondary N) is 1. The topological polar surface area (TPSA) is 15.8 Å². The maximum absolute atomic E-state index is 3.76. The van der Waals surface area contributed by atoms with E-state index in [2.05, 4.69) is 42.8 Å². The second-order valence-corrected chi connectivity index (χ2v) is 3.96. The summed E-state index contributed by atoms with van der Waals surface area (Å²) in [6, 6.07) is 8.51. The van der Waals surface area contributed by atoms with Crippen molar-refractivity contribution in [2.75, 3.05) is 0 Å². The molecule has 0 aliphatic rings. The zero-order valence-electron chi connectivity index (χ0n) is 9.22. The number of unbranched alkanes of at least 4 members (excludes halogenated alkanes) is 1. The van der Waals surface area contributed by atoms with Crippen LogP contribution >= 0.6 is 0 Å². The van der Waals surface area contributed by atoms with Crippen molar-refractivity contribution in [3.05, 3.63) is 48.2 Å². The molecule has 1 aromatic heterocycles. The Kier molecular flexibility index (Phi) is 2.91.